The van der Waals surface area contributed by atoms with Crippen molar-refractivity contribution in [2.45, 2.75) is 24.7 Å². The van der Waals surface area contributed by atoms with E-state index in [9.17, 15) is 13.5 Å². The van der Waals surface area contributed by atoms with E-state index in [-0.39, 0.29) is 19.6 Å². The van der Waals surface area contributed by atoms with E-state index in [1.54, 1.807) is 0 Å². The van der Waals surface area contributed by atoms with Crippen molar-refractivity contribution in [2.24, 2.45) is 0 Å². The van der Waals surface area contributed by atoms with Crippen LogP contribution in [0.4, 0.5) is 0 Å². The van der Waals surface area contributed by atoms with Crippen molar-refractivity contribution >= 4 is 10.3 Å². The Bertz CT molecular complexity index is 278. The molecule has 0 aromatic heterocycles. The summed E-state index contributed by atoms with van der Waals surface area (Å²) in [6, 6.07) is -0.868. The van der Waals surface area contributed by atoms with Gasteiger partial charge in [-0.25, -0.2) is 0 Å². The van der Waals surface area contributed by atoms with E-state index in [0.717, 1.165) is 0 Å². The van der Waals surface area contributed by atoms with E-state index >= 15 is 0 Å². The Morgan fingerprint density at radius 1 is 1.50 bits per heavy atom. The summed E-state index contributed by atoms with van der Waals surface area (Å²) in [6.45, 7) is -0.304. The summed E-state index contributed by atoms with van der Waals surface area (Å²) >= 11 is 0. The molecule has 84 valence electrons. The van der Waals surface area contributed by atoms with Gasteiger partial charge in [-0.05, 0) is 0 Å². The molecular weight excluding hydrogens is 214 g/mol. The molecule has 1 heterocycles. The summed E-state index contributed by atoms with van der Waals surface area (Å²) in [5, 5.41) is 18.1. The van der Waals surface area contributed by atoms with E-state index in [4.69, 9.17) is 14.4 Å². The molecule has 0 spiro atoms. The van der Waals surface area contributed by atoms with Crippen molar-refractivity contribution in [3.63, 3.8) is 0 Å². The lowest BCUT2D eigenvalue weighted by molar-refractivity contribution is -0.0792. The van der Waals surface area contributed by atoms with Crippen LogP contribution in [0.15, 0.2) is 0 Å². The highest BCUT2D eigenvalue weighted by Gasteiger charge is 2.31. The Morgan fingerprint density at radius 3 is 2.57 bits per heavy atom. The quantitative estimate of drug-likeness (QED) is 0.410. The minimum Gasteiger partial charge on any atom is -0.394 e. The minimum absolute atomic E-state index is 0.0772. The predicted molar refractivity (Wildman–Crippen MR) is 45.9 cm³/mol. The molecule has 1 rings (SSSR count). The first kappa shape index (κ1) is 11.8. The third-order valence-electron chi connectivity index (χ3n) is 1.98. The Hall–Kier alpha value is -0.250. The average Bonchev–Trinajstić information content (AvgIpc) is 2.06. The molecule has 0 aliphatic carbocycles. The molecule has 0 amide bonds. The Kier molecular flexibility index (Phi) is 3.81. The molecule has 0 bridgehead atoms. The van der Waals surface area contributed by atoms with Crippen molar-refractivity contribution < 1.29 is 27.9 Å². The van der Waals surface area contributed by atoms with E-state index in [0.29, 0.717) is 0 Å². The van der Waals surface area contributed by atoms with E-state index in [2.05, 4.69) is 0 Å². The van der Waals surface area contributed by atoms with Crippen LogP contribution in [0.2, 0.25) is 0 Å². The largest absolute Gasteiger partial charge is 0.394 e. The number of hydrogen-bond acceptors (Lipinski definition) is 5. The topological polar surface area (TPSA) is 116 Å². The third-order valence-corrected chi connectivity index (χ3v) is 2.58. The fourth-order valence-electron chi connectivity index (χ4n) is 1.28. The van der Waals surface area contributed by atoms with Crippen molar-refractivity contribution in [1.82, 2.24) is 4.72 Å². The lowest BCUT2D eigenvalue weighted by atomic mass is 10.0. The molecule has 0 radical (unpaired) electrons. The van der Waals surface area contributed by atoms with Gasteiger partial charge in [0.25, 0.3) is 0 Å². The summed E-state index contributed by atoms with van der Waals surface area (Å²) in [5.74, 6) is 0. The summed E-state index contributed by atoms with van der Waals surface area (Å²) in [5.41, 5.74) is 0. The fourth-order valence-corrected chi connectivity index (χ4v) is 1.89. The van der Waals surface area contributed by atoms with Crippen LogP contribution >= 0.6 is 0 Å². The summed E-state index contributed by atoms with van der Waals surface area (Å²) in [7, 11) is -4.33. The van der Waals surface area contributed by atoms with Gasteiger partial charge in [0, 0.05) is 6.42 Å². The number of nitrogens with one attached hydrogen (secondary N) is 1. The summed E-state index contributed by atoms with van der Waals surface area (Å²) in [6.07, 6.45) is -1.32. The third kappa shape index (κ3) is 3.48. The Morgan fingerprint density at radius 2 is 2.14 bits per heavy atom. The van der Waals surface area contributed by atoms with Gasteiger partial charge in [-0.3, -0.25) is 4.55 Å². The standard InChI is InChI=1S/C6H13NO6S/c8-2-4-1-6(9)5(3-13-4)7-14(10,11)12/h4-9H,1-3H2,(H,10,11,12). The molecule has 3 unspecified atom stereocenters. The first-order chi connectivity index (χ1) is 6.42. The van der Waals surface area contributed by atoms with Gasteiger partial charge in [-0.2, -0.15) is 13.1 Å². The van der Waals surface area contributed by atoms with Crippen molar-refractivity contribution in [3.8, 4) is 0 Å². The monoisotopic (exact) mass is 227 g/mol. The zero-order chi connectivity index (χ0) is 10.8. The second-order valence-corrected chi connectivity index (χ2v) is 4.33. The van der Waals surface area contributed by atoms with Gasteiger partial charge in [-0.15, -0.1) is 0 Å². The molecule has 0 saturated carbocycles. The summed E-state index contributed by atoms with van der Waals surface area (Å²) in [4.78, 5) is 0. The number of aliphatic hydroxyl groups excluding tert-OH is 2. The molecule has 3 atom stereocenters. The molecule has 0 aromatic rings. The number of rotatable bonds is 3. The van der Waals surface area contributed by atoms with Gasteiger partial charge >= 0.3 is 10.3 Å². The minimum atomic E-state index is -4.33. The first-order valence-electron chi connectivity index (χ1n) is 4.07. The van der Waals surface area contributed by atoms with E-state index in [1.165, 1.54) is 0 Å². The van der Waals surface area contributed by atoms with Crippen LogP contribution in [0, 0.1) is 0 Å². The lowest BCUT2D eigenvalue weighted by Crippen LogP contribution is -2.52. The van der Waals surface area contributed by atoms with E-state index < -0.39 is 28.6 Å². The molecule has 0 aromatic carbocycles. The second-order valence-electron chi connectivity index (χ2n) is 3.14. The molecule has 1 aliphatic rings. The van der Waals surface area contributed by atoms with Gasteiger partial charge < -0.3 is 14.9 Å². The van der Waals surface area contributed by atoms with Gasteiger partial charge in [0.2, 0.25) is 0 Å². The van der Waals surface area contributed by atoms with Crippen molar-refractivity contribution in [1.29, 1.82) is 0 Å². The molecular formula is C6H13NO6S. The van der Waals surface area contributed by atoms with Crippen LogP contribution in [-0.4, -0.2) is 54.6 Å². The zero-order valence-corrected chi connectivity index (χ0v) is 8.14. The van der Waals surface area contributed by atoms with Gasteiger partial charge in [0.15, 0.2) is 0 Å². The lowest BCUT2D eigenvalue weighted by Gasteiger charge is -2.31. The Balaban J connectivity index is 2.50. The summed E-state index contributed by atoms with van der Waals surface area (Å²) < 4.78 is 36.1. The fraction of sp³-hybridized carbons (Fsp3) is 1.00. The van der Waals surface area contributed by atoms with Crippen LogP contribution in [0.1, 0.15) is 6.42 Å². The van der Waals surface area contributed by atoms with Crippen LogP contribution in [0.25, 0.3) is 0 Å². The molecule has 4 N–H and O–H groups in total. The van der Waals surface area contributed by atoms with E-state index in [1.807, 2.05) is 4.72 Å². The maximum Gasteiger partial charge on any atom is 0.333 e. The molecule has 7 nitrogen and oxygen atoms in total. The number of hydrogen-bond donors (Lipinski definition) is 4. The van der Waals surface area contributed by atoms with Gasteiger partial charge in [-0.1, -0.05) is 0 Å². The smallest absolute Gasteiger partial charge is 0.333 e. The number of aliphatic hydroxyl groups is 2. The molecule has 14 heavy (non-hydrogen) atoms. The first-order valence-corrected chi connectivity index (χ1v) is 5.51. The average molecular weight is 227 g/mol. The predicted octanol–water partition coefficient (Wildman–Crippen LogP) is -2.11. The van der Waals surface area contributed by atoms with Crippen molar-refractivity contribution in [3.05, 3.63) is 0 Å². The SMILES string of the molecule is O=S(=O)(O)NC1COC(CO)CC1O. The zero-order valence-electron chi connectivity index (χ0n) is 7.33. The molecule has 8 heteroatoms. The second kappa shape index (κ2) is 4.51. The van der Waals surface area contributed by atoms with Crippen LogP contribution in [0.3, 0.4) is 0 Å². The maximum absolute atomic E-state index is 10.4. The highest BCUT2D eigenvalue weighted by molar-refractivity contribution is 7.83. The molecule has 1 aliphatic heterocycles. The Labute approximate surface area is 81.6 Å². The normalized spacial score (nSPS) is 34.4. The maximum atomic E-state index is 10.4. The van der Waals surface area contributed by atoms with Crippen LogP contribution in [0.5, 0.6) is 0 Å². The highest BCUT2D eigenvalue weighted by atomic mass is 32.2. The highest BCUT2D eigenvalue weighted by Crippen LogP contribution is 2.14. The van der Waals surface area contributed by atoms with Gasteiger partial charge in [0.05, 0.1) is 31.5 Å². The van der Waals surface area contributed by atoms with Gasteiger partial charge in [0.1, 0.15) is 0 Å². The van der Waals surface area contributed by atoms with Crippen LogP contribution in [-0.2, 0) is 15.0 Å². The number of ether oxygens (including phenoxy) is 1. The molecule has 1 saturated heterocycles. The van der Waals surface area contributed by atoms with Crippen LogP contribution < -0.4 is 4.72 Å². The molecule has 1 fully saturated rings. The van der Waals surface area contributed by atoms with Crippen molar-refractivity contribution in [2.75, 3.05) is 13.2 Å².